The van der Waals surface area contributed by atoms with Gasteiger partial charge in [-0.3, -0.25) is 4.79 Å². The molecule has 1 amide bonds. The zero-order chi connectivity index (χ0) is 14.0. The first-order valence-corrected chi connectivity index (χ1v) is 5.61. The molecular formula is C11H15N7O. The van der Waals surface area contributed by atoms with Crippen LogP contribution in [0.25, 0.3) is 5.82 Å². The van der Waals surface area contributed by atoms with Gasteiger partial charge in [0.1, 0.15) is 5.82 Å². The van der Waals surface area contributed by atoms with E-state index >= 15 is 0 Å². The van der Waals surface area contributed by atoms with Crippen LogP contribution in [0.2, 0.25) is 0 Å². The molecule has 2 rings (SSSR count). The van der Waals surface area contributed by atoms with Crippen molar-refractivity contribution >= 4 is 17.7 Å². The lowest BCUT2D eigenvalue weighted by Crippen LogP contribution is -2.22. The Morgan fingerprint density at radius 1 is 1.42 bits per heavy atom. The number of hydrogen-bond donors (Lipinski definition) is 2. The second-order valence-electron chi connectivity index (χ2n) is 4.06. The Bertz CT molecular complexity index is 605. The summed E-state index contributed by atoms with van der Waals surface area (Å²) >= 11 is 0. The molecular weight excluding hydrogens is 246 g/mol. The van der Waals surface area contributed by atoms with Gasteiger partial charge in [0.05, 0.1) is 0 Å². The fraction of sp³-hybridized carbons (Fsp3) is 0.273. The smallest absolute Gasteiger partial charge is 0.273 e. The fourth-order valence-corrected chi connectivity index (χ4v) is 1.49. The Morgan fingerprint density at radius 3 is 2.79 bits per heavy atom. The number of carbonyl (C=O) groups excluding carboxylic acids is 1. The van der Waals surface area contributed by atoms with Crippen LogP contribution in [-0.2, 0) is 0 Å². The van der Waals surface area contributed by atoms with Crippen LogP contribution in [0.5, 0.6) is 0 Å². The second-order valence-corrected chi connectivity index (χ2v) is 4.06. The minimum absolute atomic E-state index is 0.137. The molecule has 8 nitrogen and oxygen atoms in total. The number of nitrogen functional groups attached to an aromatic ring is 1. The molecule has 0 aromatic carbocycles. The average Bonchev–Trinajstić information content (AvgIpc) is 2.86. The molecule has 19 heavy (non-hydrogen) atoms. The molecule has 0 atom stereocenters. The lowest BCUT2D eigenvalue weighted by molar-refractivity contribution is 0.0821. The molecule has 0 bridgehead atoms. The number of nitrogens with two attached hydrogens (primary N) is 1. The molecule has 8 heteroatoms. The van der Waals surface area contributed by atoms with Crippen molar-refractivity contribution in [3.63, 3.8) is 0 Å². The highest BCUT2D eigenvalue weighted by molar-refractivity contribution is 5.91. The van der Waals surface area contributed by atoms with Crippen LogP contribution in [0.1, 0.15) is 10.5 Å². The van der Waals surface area contributed by atoms with Crippen LogP contribution in [0, 0.1) is 0 Å². The summed E-state index contributed by atoms with van der Waals surface area (Å²) in [5.74, 6) is 1.04. The third-order valence-electron chi connectivity index (χ3n) is 2.44. The van der Waals surface area contributed by atoms with Gasteiger partial charge in [-0.25, -0.2) is 4.68 Å². The van der Waals surface area contributed by atoms with Crippen molar-refractivity contribution in [2.75, 3.05) is 32.2 Å². The Balaban J connectivity index is 2.37. The van der Waals surface area contributed by atoms with Crippen molar-refractivity contribution in [2.45, 2.75) is 0 Å². The van der Waals surface area contributed by atoms with Gasteiger partial charge in [0.15, 0.2) is 11.5 Å². The van der Waals surface area contributed by atoms with Gasteiger partial charge in [-0.2, -0.15) is 15.1 Å². The first kappa shape index (κ1) is 12.8. The molecule has 0 radical (unpaired) electrons. The number of carbonyl (C=O) groups is 1. The number of amides is 1. The van der Waals surface area contributed by atoms with Gasteiger partial charge in [0.25, 0.3) is 5.91 Å². The van der Waals surface area contributed by atoms with Gasteiger partial charge in [-0.1, -0.05) is 0 Å². The number of nitrogens with one attached hydrogen (secondary N) is 1. The summed E-state index contributed by atoms with van der Waals surface area (Å²) in [4.78, 5) is 21.3. The molecule has 0 unspecified atom stereocenters. The van der Waals surface area contributed by atoms with Gasteiger partial charge in [-0.05, 0) is 6.07 Å². The van der Waals surface area contributed by atoms with Gasteiger partial charge in [0.2, 0.25) is 5.95 Å². The molecule has 2 heterocycles. The largest absolute Gasteiger partial charge is 0.373 e. The van der Waals surface area contributed by atoms with E-state index in [2.05, 4.69) is 20.4 Å². The minimum atomic E-state index is -0.172. The molecule has 0 saturated carbocycles. The van der Waals surface area contributed by atoms with E-state index in [4.69, 9.17) is 5.73 Å². The Kier molecular flexibility index (Phi) is 3.32. The molecule has 0 aliphatic rings. The van der Waals surface area contributed by atoms with Crippen molar-refractivity contribution in [3.05, 3.63) is 24.0 Å². The molecule has 2 aromatic heterocycles. The molecule has 0 aliphatic heterocycles. The first-order valence-electron chi connectivity index (χ1n) is 5.61. The van der Waals surface area contributed by atoms with Crippen LogP contribution < -0.4 is 11.1 Å². The van der Waals surface area contributed by atoms with Crippen molar-refractivity contribution < 1.29 is 4.79 Å². The maximum atomic E-state index is 11.8. The van der Waals surface area contributed by atoms with E-state index in [1.165, 1.54) is 9.58 Å². The summed E-state index contributed by atoms with van der Waals surface area (Å²) in [5, 5.41) is 7.05. The number of nitrogens with zero attached hydrogens (tertiary/aromatic N) is 5. The third kappa shape index (κ3) is 2.62. The van der Waals surface area contributed by atoms with Crippen LogP contribution in [0.15, 0.2) is 18.3 Å². The monoisotopic (exact) mass is 261 g/mol. The van der Waals surface area contributed by atoms with E-state index in [0.717, 1.165) is 0 Å². The molecule has 0 saturated heterocycles. The lowest BCUT2D eigenvalue weighted by atomic mass is 10.4. The Labute approximate surface area is 110 Å². The SMILES string of the molecule is CNc1cc(-n2ccc(C(=O)N(C)C)n2)nc(N)n1. The van der Waals surface area contributed by atoms with E-state index in [1.807, 2.05) is 0 Å². The first-order chi connectivity index (χ1) is 9.01. The van der Waals surface area contributed by atoms with E-state index in [9.17, 15) is 4.79 Å². The van der Waals surface area contributed by atoms with Gasteiger partial charge >= 0.3 is 0 Å². The quantitative estimate of drug-likeness (QED) is 0.805. The topological polar surface area (TPSA) is 102 Å². The van der Waals surface area contributed by atoms with Crippen molar-refractivity contribution in [1.82, 2.24) is 24.6 Å². The highest BCUT2D eigenvalue weighted by atomic mass is 16.2. The summed E-state index contributed by atoms with van der Waals surface area (Å²) in [7, 11) is 5.07. The lowest BCUT2D eigenvalue weighted by Gasteiger charge is -2.07. The van der Waals surface area contributed by atoms with Crippen molar-refractivity contribution in [3.8, 4) is 5.82 Å². The van der Waals surface area contributed by atoms with Gasteiger partial charge < -0.3 is 16.0 Å². The summed E-state index contributed by atoms with van der Waals surface area (Å²) < 4.78 is 1.48. The summed E-state index contributed by atoms with van der Waals surface area (Å²) in [6.07, 6.45) is 1.65. The van der Waals surface area contributed by atoms with Crippen LogP contribution in [0.4, 0.5) is 11.8 Å². The number of rotatable bonds is 3. The van der Waals surface area contributed by atoms with Crippen LogP contribution in [-0.4, -0.2) is 51.7 Å². The predicted octanol–water partition coefficient (Wildman–Crippen LogP) is -0.0120. The van der Waals surface area contributed by atoms with Crippen molar-refractivity contribution in [1.29, 1.82) is 0 Å². The molecule has 2 aromatic rings. The number of anilines is 2. The maximum Gasteiger partial charge on any atom is 0.273 e. The Morgan fingerprint density at radius 2 is 2.16 bits per heavy atom. The normalized spacial score (nSPS) is 10.3. The second kappa shape index (κ2) is 4.92. The van der Waals surface area contributed by atoms with E-state index in [-0.39, 0.29) is 11.9 Å². The molecule has 0 aliphatic carbocycles. The van der Waals surface area contributed by atoms with E-state index in [1.54, 1.807) is 39.5 Å². The minimum Gasteiger partial charge on any atom is -0.373 e. The molecule has 0 spiro atoms. The zero-order valence-corrected chi connectivity index (χ0v) is 11.0. The number of aromatic nitrogens is 4. The standard InChI is InChI=1S/C11H15N7O/c1-13-8-6-9(15-11(12)14-8)18-5-4-7(16-18)10(19)17(2)3/h4-6H,1-3H3,(H3,12,13,14,15). The number of hydrogen-bond acceptors (Lipinski definition) is 6. The predicted molar refractivity (Wildman–Crippen MR) is 71.1 cm³/mol. The van der Waals surface area contributed by atoms with Crippen molar-refractivity contribution in [2.24, 2.45) is 0 Å². The average molecular weight is 261 g/mol. The highest BCUT2D eigenvalue weighted by Gasteiger charge is 2.13. The molecule has 100 valence electrons. The Hall–Kier alpha value is -2.64. The summed E-state index contributed by atoms with van der Waals surface area (Å²) in [5.41, 5.74) is 5.95. The maximum absolute atomic E-state index is 11.8. The van der Waals surface area contributed by atoms with Gasteiger partial charge in [0, 0.05) is 33.4 Å². The zero-order valence-electron chi connectivity index (χ0n) is 11.0. The van der Waals surface area contributed by atoms with E-state index < -0.39 is 0 Å². The fourth-order valence-electron chi connectivity index (χ4n) is 1.49. The highest BCUT2D eigenvalue weighted by Crippen LogP contribution is 2.12. The summed E-state index contributed by atoms with van der Waals surface area (Å²) in [6, 6.07) is 3.31. The molecule has 3 N–H and O–H groups in total. The van der Waals surface area contributed by atoms with Crippen LogP contribution in [0.3, 0.4) is 0 Å². The van der Waals surface area contributed by atoms with Crippen LogP contribution >= 0.6 is 0 Å². The van der Waals surface area contributed by atoms with Gasteiger partial charge in [-0.15, -0.1) is 0 Å². The summed E-state index contributed by atoms with van der Waals surface area (Å²) in [6.45, 7) is 0. The molecule has 0 fully saturated rings. The van der Waals surface area contributed by atoms with E-state index in [0.29, 0.717) is 17.3 Å². The third-order valence-corrected chi connectivity index (χ3v) is 2.44.